The van der Waals surface area contributed by atoms with Gasteiger partial charge in [0.2, 0.25) is 5.69 Å². The van der Waals surface area contributed by atoms with Crippen LogP contribution >= 0.6 is 0 Å². The Bertz CT molecular complexity index is 2370. The summed E-state index contributed by atoms with van der Waals surface area (Å²) >= 11 is 0. The molecule has 1 heterocycles. The lowest BCUT2D eigenvalue weighted by molar-refractivity contribution is 1.19. The third-order valence-electron chi connectivity index (χ3n) is 9.37. The van der Waals surface area contributed by atoms with Crippen LogP contribution in [0.5, 0.6) is 0 Å². The third-order valence-corrected chi connectivity index (χ3v) is 14.2. The molecule has 0 aliphatic rings. The first kappa shape index (κ1) is 29.0. The Morgan fingerprint density at radius 2 is 0.896 bits per heavy atom. The van der Waals surface area contributed by atoms with Crippen LogP contribution in [-0.4, -0.2) is 12.6 Å². The van der Waals surface area contributed by atoms with Crippen molar-refractivity contribution in [3.8, 4) is 16.8 Å². The zero-order valence-electron chi connectivity index (χ0n) is 26.1. The Labute approximate surface area is 281 Å². The first-order valence-electron chi connectivity index (χ1n) is 15.9. The number of nitrogens with zero attached hydrogens (tertiary/aromatic N) is 3. The molecule has 3 nitrogen and oxygen atoms in total. The molecule has 8 aromatic rings. The largest absolute Gasteiger partial charge is 0.318 e. The zero-order chi connectivity index (χ0) is 32.5. The van der Waals surface area contributed by atoms with Gasteiger partial charge in [-0.3, -0.25) is 0 Å². The minimum atomic E-state index is -2.96. The molecule has 0 unspecified atom stereocenters. The van der Waals surface area contributed by atoms with Crippen molar-refractivity contribution in [2.45, 2.75) is 0 Å². The standard InChI is InChI=1S/C44H29N3Si/c1-45-32-30-39(44(40(31-32)46-2)47-41-27-15-12-24-36(41)37-25-13-16-28-42(37)47)38-26-14-17-29-43(38)48(33-18-6-3-7-19-33,34-20-8-4-9-21-34)35-22-10-5-11-23-35/h3-31H. The molecule has 0 spiro atoms. The van der Waals surface area contributed by atoms with Gasteiger partial charge in [-0.25, -0.2) is 9.69 Å². The molecule has 8 rings (SSSR count). The minimum absolute atomic E-state index is 0.446. The number of aromatic nitrogens is 1. The van der Waals surface area contributed by atoms with E-state index >= 15 is 0 Å². The molecule has 0 radical (unpaired) electrons. The third kappa shape index (κ3) is 4.48. The lowest BCUT2D eigenvalue weighted by Crippen LogP contribution is -2.75. The number of hydrogen-bond acceptors (Lipinski definition) is 0. The van der Waals surface area contributed by atoms with E-state index in [1.165, 1.54) is 20.7 Å². The van der Waals surface area contributed by atoms with Crippen LogP contribution in [0, 0.1) is 13.1 Å². The van der Waals surface area contributed by atoms with E-state index in [9.17, 15) is 0 Å². The van der Waals surface area contributed by atoms with E-state index in [2.05, 4.69) is 178 Å². The van der Waals surface area contributed by atoms with Crippen molar-refractivity contribution in [2.75, 3.05) is 0 Å². The average Bonchev–Trinajstić information content (AvgIpc) is 3.50. The molecule has 0 fully saturated rings. The number of para-hydroxylation sites is 2. The van der Waals surface area contributed by atoms with E-state index in [1.807, 2.05) is 6.07 Å². The van der Waals surface area contributed by atoms with Gasteiger partial charge >= 0.3 is 0 Å². The van der Waals surface area contributed by atoms with Crippen molar-refractivity contribution in [1.82, 2.24) is 4.57 Å². The van der Waals surface area contributed by atoms with Gasteiger partial charge in [-0.15, -0.1) is 0 Å². The first-order chi connectivity index (χ1) is 23.8. The molecule has 1 aromatic heterocycles. The molecule has 0 aliphatic carbocycles. The minimum Gasteiger partial charge on any atom is -0.318 e. The van der Waals surface area contributed by atoms with Crippen LogP contribution in [0.15, 0.2) is 176 Å². The summed E-state index contributed by atoms with van der Waals surface area (Å²) in [6.45, 7) is 16.5. The van der Waals surface area contributed by atoms with Gasteiger partial charge in [0.05, 0.1) is 29.9 Å². The molecular formula is C44H29N3Si. The lowest BCUT2D eigenvalue weighted by Gasteiger charge is -2.36. The van der Waals surface area contributed by atoms with Crippen LogP contribution in [0.4, 0.5) is 11.4 Å². The van der Waals surface area contributed by atoms with Gasteiger partial charge in [0.1, 0.15) is 0 Å². The summed E-state index contributed by atoms with van der Waals surface area (Å²) in [7, 11) is -2.96. The predicted octanol–water partition coefficient (Wildman–Crippen LogP) is 8.93. The van der Waals surface area contributed by atoms with Gasteiger partial charge in [0.25, 0.3) is 0 Å². The molecule has 0 amide bonds. The quantitative estimate of drug-likeness (QED) is 0.0993. The molecule has 224 valence electrons. The Morgan fingerprint density at radius 3 is 1.40 bits per heavy atom. The smallest absolute Gasteiger partial charge is 0.201 e. The fourth-order valence-electron chi connectivity index (χ4n) is 7.43. The molecule has 0 atom stereocenters. The maximum atomic E-state index is 8.43. The number of rotatable bonds is 6. The maximum Gasteiger partial charge on any atom is 0.201 e. The molecule has 0 aliphatic heterocycles. The predicted molar refractivity (Wildman–Crippen MR) is 202 cm³/mol. The number of fused-ring (bicyclic) bond motifs is 3. The summed E-state index contributed by atoms with van der Waals surface area (Å²) in [5.74, 6) is 0. The summed E-state index contributed by atoms with van der Waals surface area (Å²) in [5, 5.41) is 7.24. The van der Waals surface area contributed by atoms with E-state index < -0.39 is 8.07 Å². The summed E-state index contributed by atoms with van der Waals surface area (Å²) < 4.78 is 2.23. The second-order valence-corrected chi connectivity index (χ2v) is 15.6. The molecule has 4 heteroatoms. The van der Waals surface area contributed by atoms with Crippen molar-refractivity contribution in [3.05, 3.63) is 199 Å². The molecule has 0 saturated heterocycles. The fraction of sp³-hybridized carbons (Fsp3) is 0. The van der Waals surface area contributed by atoms with Crippen molar-refractivity contribution in [2.24, 2.45) is 0 Å². The molecular weight excluding hydrogens is 599 g/mol. The van der Waals surface area contributed by atoms with Gasteiger partial charge in [-0.1, -0.05) is 152 Å². The van der Waals surface area contributed by atoms with Gasteiger partial charge in [-0.2, -0.15) is 0 Å². The van der Waals surface area contributed by atoms with Crippen molar-refractivity contribution in [3.63, 3.8) is 0 Å². The van der Waals surface area contributed by atoms with Crippen molar-refractivity contribution in [1.29, 1.82) is 0 Å². The lowest BCUT2D eigenvalue weighted by atomic mass is 10.0. The molecule has 0 N–H and O–H groups in total. The highest BCUT2D eigenvalue weighted by Crippen LogP contribution is 2.43. The highest BCUT2D eigenvalue weighted by Gasteiger charge is 2.43. The summed E-state index contributed by atoms with van der Waals surface area (Å²) in [4.78, 5) is 7.99. The average molecular weight is 628 g/mol. The number of hydrogen-bond donors (Lipinski definition) is 0. The zero-order valence-corrected chi connectivity index (χ0v) is 27.1. The second-order valence-electron chi connectivity index (χ2n) is 11.8. The topological polar surface area (TPSA) is 13.7 Å². The molecule has 0 bridgehead atoms. The monoisotopic (exact) mass is 627 g/mol. The highest BCUT2D eigenvalue weighted by atomic mass is 28.3. The van der Waals surface area contributed by atoms with Crippen LogP contribution in [0.1, 0.15) is 0 Å². The first-order valence-corrected chi connectivity index (χ1v) is 17.9. The Balaban J connectivity index is 1.56. The van der Waals surface area contributed by atoms with Crippen LogP contribution in [0.25, 0.3) is 48.3 Å². The van der Waals surface area contributed by atoms with Crippen LogP contribution in [0.2, 0.25) is 0 Å². The summed E-state index contributed by atoms with van der Waals surface area (Å²) in [6.07, 6.45) is 0. The van der Waals surface area contributed by atoms with Crippen LogP contribution in [-0.2, 0) is 0 Å². The summed E-state index contributed by atoms with van der Waals surface area (Å²) in [6, 6.07) is 61.7. The fourth-order valence-corrected chi connectivity index (χ4v) is 12.4. The van der Waals surface area contributed by atoms with Gasteiger partial charge in [0, 0.05) is 10.8 Å². The molecule has 48 heavy (non-hydrogen) atoms. The maximum absolute atomic E-state index is 8.43. The second kappa shape index (κ2) is 12.0. The normalized spacial score (nSPS) is 11.3. The van der Waals surface area contributed by atoms with Crippen LogP contribution < -0.4 is 20.7 Å². The van der Waals surface area contributed by atoms with E-state index in [1.54, 1.807) is 6.07 Å². The Morgan fingerprint density at radius 1 is 0.438 bits per heavy atom. The van der Waals surface area contributed by atoms with E-state index in [0.717, 1.165) is 38.6 Å². The van der Waals surface area contributed by atoms with Gasteiger partial charge in [0.15, 0.2) is 13.8 Å². The van der Waals surface area contributed by atoms with Crippen molar-refractivity contribution < 1.29 is 0 Å². The van der Waals surface area contributed by atoms with E-state index in [0.29, 0.717) is 11.4 Å². The summed E-state index contributed by atoms with van der Waals surface area (Å²) in [5.41, 5.74) is 5.63. The van der Waals surface area contributed by atoms with Gasteiger partial charge < -0.3 is 4.57 Å². The van der Waals surface area contributed by atoms with E-state index in [-0.39, 0.29) is 0 Å². The van der Waals surface area contributed by atoms with Crippen molar-refractivity contribution >= 4 is 62.0 Å². The van der Waals surface area contributed by atoms with E-state index in [4.69, 9.17) is 13.1 Å². The Hall–Kier alpha value is -6.46. The molecule has 0 saturated carbocycles. The van der Waals surface area contributed by atoms with Gasteiger partial charge in [-0.05, 0) is 56.1 Å². The number of benzene rings is 7. The highest BCUT2D eigenvalue weighted by molar-refractivity contribution is 7.20. The van der Waals surface area contributed by atoms with Crippen LogP contribution in [0.3, 0.4) is 0 Å². The molecule has 7 aromatic carbocycles. The Kier molecular flexibility index (Phi) is 7.27. The SMILES string of the molecule is [C-]#[N+]c1cc([N+]#[C-])c(-n2c3ccccc3c3ccccc32)c(-c2ccccc2[Si](c2ccccc2)(c2ccccc2)c2ccccc2)c1.